The normalized spacial score (nSPS) is 11.5. The van der Waals surface area contributed by atoms with Crippen LogP contribution in [0.25, 0.3) is 0 Å². The maximum Gasteiger partial charge on any atom is 0.191 e. The summed E-state index contributed by atoms with van der Waals surface area (Å²) >= 11 is 1.74. The van der Waals surface area contributed by atoms with Gasteiger partial charge in [0.1, 0.15) is 5.75 Å². The van der Waals surface area contributed by atoms with E-state index < -0.39 is 0 Å². The summed E-state index contributed by atoms with van der Waals surface area (Å²) in [5, 5.41) is 8.69. The van der Waals surface area contributed by atoms with Crippen LogP contribution < -0.4 is 15.4 Å². The minimum atomic E-state index is 0.198. The molecule has 118 valence electrons. The summed E-state index contributed by atoms with van der Waals surface area (Å²) in [4.78, 5) is 5.52. The molecular weight excluding hydrogens is 294 g/mol. The molecule has 0 radical (unpaired) electrons. The van der Waals surface area contributed by atoms with Gasteiger partial charge in [-0.05, 0) is 43.0 Å². The minimum absolute atomic E-state index is 0.198. The topological polar surface area (TPSA) is 45.7 Å². The molecule has 0 saturated heterocycles. The number of aliphatic imine (C=N–C) groups is 1. The van der Waals surface area contributed by atoms with E-state index in [1.54, 1.807) is 18.4 Å². The largest absolute Gasteiger partial charge is 0.491 e. The van der Waals surface area contributed by atoms with Gasteiger partial charge in [-0.1, -0.05) is 18.2 Å². The fourth-order valence-electron chi connectivity index (χ4n) is 1.95. The Kier molecular flexibility index (Phi) is 6.27. The van der Waals surface area contributed by atoms with Gasteiger partial charge in [0, 0.05) is 18.5 Å². The second-order valence-corrected chi connectivity index (χ2v) is 6.20. The van der Waals surface area contributed by atoms with Crippen molar-refractivity contribution in [3.8, 4) is 5.75 Å². The Morgan fingerprint density at radius 3 is 2.45 bits per heavy atom. The van der Waals surface area contributed by atoms with Gasteiger partial charge < -0.3 is 15.4 Å². The Hall–Kier alpha value is -2.01. The molecule has 22 heavy (non-hydrogen) atoms. The van der Waals surface area contributed by atoms with Gasteiger partial charge in [0.2, 0.25) is 0 Å². The molecule has 2 rings (SSSR count). The van der Waals surface area contributed by atoms with Crippen LogP contribution in [-0.4, -0.2) is 19.1 Å². The summed E-state index contributed by atoms with van der Waals surface area (Å²) in [6, 6.07) is 12.3. The molecule has 1 aromatic heterocycles. The predicted octanol–water partition coefficient (Wildman–Crippen LogP) is 3.40. The van der Waals surface area contributed by atoms with E-state index in [1.165, 1.54) is 10.4 Å². The van der Waals surface area contributed by atoms with E-state index in [-0.39, 0.29) is 6.10 Å². The Labute approximate surface area is 136 Å². The number of hydrogen-bond donors (Lipinski definition) is 2. The maximum atomic E-state index is 5.64. The summed E-state index contributed by atoms with van der Waals surface area (Å²) < 4.78 is 5.64. The third kappa shape index (κ3) is 5.41. The first-order valence-corrected chi connectivity index (χ1v) is 8.28. The van der Waals surface area contributed by atoms with E-state index >= 15 is 0 Å². The van der Waals surface area contributed by atoms with Crippen LogP contribution >= 0.6 is 11.3 Å². The Bertz CT molecular complexity index is 576. The number of ether oxygens (including phenoxy) is 1. The number of guanidine groups is 1. The zero-order chi connectivity index (χ0) is 15.8. The summed E-state index contributed by atoms with van der Waals surface area (Å²) in [6.07, 6.45) is 0.198. The molecule has 0 amide bonds. The molecule has 0 aliphatic rings. The highest BCUT2D eigenvalue weighted by Gasteiger charge is 2.01. The van der Waals surface area contributed by atoms with E-state index in [0.29, 0.717) is 0 Å². The standard InChI is InChI=1S/C17H23N3OS/c1-13(2)21-15-8-6-14(7-9-15)11-19-17(18-3)20-12-16-5-4-10-22-16/h4-10,13H,11-12H2,1-3H3,(H2,18,19,20). The molecule has 0 spiro atoms. The molecule has 0 aliphatic heterocycles. The molecule has 1 aromatic carbocycles. The van der Waals surface area contributed by atoms with Gasteiger partial charge in [0.05, 0.1) is 12.6 Å². The van der Waals surface area contributed by atoms with Crippen molar-refractivity contribution in [2.45, 2.75) is 33.0 Å². The van der Waals surface area contributed by atoms with Gasteiger partial charge in [-0.3, -0.25) is 4.99 Å². The van der Waals surface area contributed by atoms with E-state index in [1.807, 2.05) is 26.0 Å². The van der Waals surface area contributed by atoms with Crippen molar-refractivity contribution in [3.05, 3.63) is 52.2 Å². The summed E-state index contributed by atoms with van der Waals surface area (Å²) in [5.41, 5.74) is 1.19. The van der Waals surface area contributed by atoms with Gasteiger partial charge in [0.15, 0.2) is 5.96 Å². The van der Waals surface area contributed by atoms with Crippen LogP contribution in [0.3, 0.4) is 0 Å². The lowest BCUT2D eigenvalue weighted by Gasteiger charge is -2.12. The van der Waals surface area contributed by atoms with Gasteiger partial charge in [-0.2, -0.15) is 0 Å². The monoisotopic (exact) mass is 317 g/mol. The first kappa shape index (κ1) is 16.4. The molecule has 0 unspecified atom stereocenters. The smallest absolute Gasteiger partial charge is 0.191 e. The number of hydrogen-bond acceptors (Lipinski definition) is 3. The lowest BCUT2D eigenvalue weighted by Crippen LogP contribution is -2.36. The van der Waals surface area contributed by atoms with Crippen molar-refractivity contribution >= 4 is 17.3 Å². The SMILES string of the molecule is CN=C(NCc1ccc(OC(C)C)cc1)NCc1cccs1. The highest BCUT2D eigenvalue weighted by Crippen LogP contribution is 2.13. The fraction of sp³-hybridized carbons (Fsp3) is 0.353. The Balaban J connectivity index is 1.80. The second kappa shape index (κ2) is 8.44. The minimum Gasteiger partial charge on any atom is -0.491 e. The van der Waals surface area contributed by atoms with Crippen molar-refractivity contribution in [2.75, 3.05) is 7.05 Å². The summed E-state index contributed by atoms with van der Waals surface area (Å²) in [5.74, 6) is 1.70. The molecular formula is C17H23N3OS. The molecule has 0 fully saturated rings. The fourth-order valence-corrected chi connectivity index (χ4v) is 2.59. The van der Waals surface area contributed by atoms with Crippen LogP contribution in [-0.2, 0) is 13.1 Å². The Morgan fingerprint density at radius 2 is 1.86 bits per heavy atom. The Morgan fingerprint density at radius 1 is 1.14 bits per heavy atom. The summed E-state index contributed by atoms with van der Waals surface area (Å²) in [7, 11) is 1.78. The van der Waals surface area contributed by atoms with Gasteiger partial charge >= 0.3 is 0 Å². The first-order chi connectivity index (χ1) is 10.7. The van der Waals surface area contributed by atoms with Crippen LogP contribution in [0.1, 0.15) is 24.3 Å². The first-order valence-electron chi connectivity index (χ1n) is 7.40. The van der Waals surface area contributed by atoms with E-state index in [9.17, 15) is 0 Å². The van der Waals surface area contributed by atoms with E-state index in [2.05, 4.69) is 45.3 Å². The third-order valence-corrected chi connectivity index (χ3v) is 3.87. The predicted molar refractivity (Wildman–Crippen MR) is 93.6 cm³/mol. The van der Waals surface area contributed by atoms with E-state index in [4.69, 9.17) is 4.74 Å². The van der Waals surface area contributed by atoms with Crippen LogP contribution in [0.15, 0.2) is 46.8 Å². The van der Waals surface area contributed by atoms with Crippen LogP contribution in [0, 0.1) is 0 Å². The molecule has 2 N–H and O–H groups in total. The molecule has 5 heteroatoms. The average Bonchev–Trinajstić information content (AvgIpc) is 3.02. The molecule has 0 aliphatic carbocycles. The van der Waals surface area contributed by atoms with Crippen LogP contribution in [0.2, 0.25) is 0 Å². The second-order valence-electron chi connectivity index (χ2n) is 5.17. The maximum absolute atomic E-state index is 5.64. The molecule has 0 bridgehead atoms. The quantitative estimate of drug-likeness (QED) is 0.634. The lowest BCUT2D eigenvalue weighted by molar-refractivity contribution is 0.242. The van der Waals surface area contributed by atoms with Crippen molar-refractivity contribution < 1.29 is 4.74 Å². The number of nitrogens with one attached hydrogen (secondary N) is 2. The van der Waals surface area contributed by atoms with Crippen LogP contribution in [0.5, 0.6) is 5.75 Å². The molecule has 0 saturated carbocycles. The molecule has 1 heterocycles. The van der Waals surface area contributed by atoms with Gasteiger partial charge in [-0.15, -0.1) is 11.3 Å². The number of thiophene rings is 1. The zero-order valence-corrected chi connectivity index (χ0v) is 14.1. The van der Waals surface area contributed by atoms with Crippen LogP contribution in [0.4, 0.5) is 0 Å². The van der Waals surface area contributed by atoms with Crippen molar-refractivity contribution in [2.24, 2.45) is 4.99 Å². The molecule has 4 nitrogen and oxygen atoms in total. The molecule has 0 atom stereocenters. The van der Waals surface area contributed by atoms with Crippen molar-refractivity contribution in [1.82, 2.24) is 10.6 Å². The zero-order valence-electron chi connectivity index (χ0n) is 13.3. The average molecular weight is 317 g/mol. The van der Waals surface area contributed by atoms with Gasteiger partial charge in [-0.25, -0.2) is 0 Å². The van der Waals surface area contributed by atoms with Crippen molar-refractivity contribution in [3.63, 3.8) is 0 Å². The van der Waals surface area contributed by atoms with E-state index in [0.717, 1.165) is 24.8 Å². The lowest BCUT2D eigenvalue weighted by atomic mass is 10.2. The summed E-state index contributed by atoms with van der Waals surface area (Å²) in [6.45, 7) is 5.57. The third-order valence-electron chi connectivity index (χ3n) is 2.99. The highest BCUT2D eigenvalue weighted by atomic mass is 32.1. The van der Waals surface area contributed by atoms with Crippen molar-refractivity contribution in [1.29, 1.82) is 0 Å². The highest BCUT2D eigenvalue weighted by molar-refractivity contribution is 7.09. The van der Waals surface area contributed by atoms with Gasteiger partial charge in [0.25, 0.3) is 0 Å². The number of nitrogens with zero attached hydrogens (tertiary/aromatic N) is 1. The number of benzene rings is 1. The molecule has 2 aromatic rings. The number of rotatable bonds is 6.